The first kappa shape index (κ1) is 10.4. The van der Waals surface area contributed by atoms with Gasteiger partial charge >= 0.3 is 0 Å². The fraction of sp³-hybridized carbons (Fsp3) is 0.143. The predicted octanol–water partition coefficient (Wildman–Crippen LogP) is 2.47. The van der Waals surface area contributed by atoms with Gasteiger partial charge in [0.1, 0.15) is 0 Å². The van der Waals surface area contributed by atoms with Gasteiger partial charge in [-0.25, -0.2) is 0 Å². The Morgan fingerprint density at radius 2 is 2.23 bits per heavy atom. The Morgan fingerprint density at radius 1 is 1.62 bits per heavy atom. The number of nitrogens with zero attached hydrogens (tertiary/aromatic N) is 1. The number of nitro benzene ring substituents is 1. The molecule has 0 amide bonds. The molecule has 0 heterocycles. The first-order valence-electron chi connectivity index (χ1n) is 3.38. The Morgan fingerprint density at radius 3 is 2.69 bits per heavy atom. The molecule has 2 N–H and O–H groups in total. The summed E-state index contributed by atoms with van der Waals surface area (Å²) in [6, 6.07) is 2.84. The van der Waals surface area contributed by atoms with Gasteiger partial charge in [0.05, 0.1) is 9.95 Å². The first-order valence-corrected chi connectivity index (χ1v) is 4.55. The van der Waals surface area contributed by atoms with Gasteiger partial charge in [-0.1, -0.05) is 11.6 Å². The molecule has 1 aromatic rings. The van der Waals surface area contributed by atoms with E-state index in [9.17, 15) is 10.1 Å². The molecule has 0 radical (unpaired) electrons. The molecular formula is C7H6BrClN2O2. The van der Waals surface area contributed by atoms with Crippen molar-refractivity contribution in [3.8, 4) is 0 Å². The van der Waals surface area contributed by atoms with Crippen LogP contribution in [0.1, 0.15) is 5.56 Å². The normalized spacial score (nSPS) is 10.1. The van der Waals surface area contributed by atoms with Crippen LogP contribution >= 0.6 is 27.5 Å². The van der Waals surface area contributed by atoms with Crippen LogP contribution in [0.4, 0.5) is 5.69 Å². The van der Waals surface area contributed by atoms with E-state index in [1.54, 1.807) is 0 Å². The van der Waals surface area contributed by atoms with Crippen LogP contribution in [0.25, 0.3) is 0 Å². The molecule has 4 nitrogen and oxygen atoms in total. The van der Waals surface area contributed by atoms with E-state index in [-0.39, 0.29) is 12.2 Å². The van der Waals surface area contributed by atoms with E-state index >= 15 is 0 Å². The van der Waals surface area contributed by atoms with Crippen molar-refractivity contribution in [3.63, 3.8) is 0 Å². The summed E-state index contributed by atoms with van der Waals surface area (Å²) in [7, 11) is 0. The number of hydrogen-bond acceptors (Lipinski definition) is 3. The second-order valence-corrected chi connectivity index (χ2v) is 3.62. The summed E-state index contributed by atoms with van der Waals surface area (Å²) in [6.07, 6.45) is 0. The summed E-state index contributed by atoms with van der Waals surface area (Å²) in [6.45, 7) is 0.101. The van der Waals surface area contributed by atoms with Crippen LogP contribution in [-0.2, 0) is 6.54 Å². The van der Waals surface area contributed by atoms with Crippen molar-refractivity contribution in [2.24, 2.45) is 5.73 Å². The Balaban J connectivity index is 3.33. The summed E-state index contributed by atoms with van der Waals surface area (Å²) >= 11 is 8.84. The highest BCUT2D eigenvalue weighted by Crippen LogP contribution is 2.30. The van der Waals surface area contributed by atoms with E-state index in [0.717, 1.165) is 0 Å². The Bertz CT molecular complexity index is 357. The highest BCUT2D eigenvalue weighted by atomic mass is 79.9. The van der Waals surface area contributed by atoms with Gasteiger partial charge in [0.2, 0.25) is 0 Å². The van der Waals surface area contributed by atoms with Crippen LogP contribution in [0.5, 0.6) is 0 Å². The van der Waals surface area contributed by atoms with Gasteiger partial charge in [-0.05, 0) is 22.0 Å². The highest BCUT2D eigenvalue weighted by molar-refractivity contribution is 9.10. The highest BCUT2D eigenvalue weighted by Gasteiger charge is 2.14. The lowest BCUT2D eigenvalue weighted by atomic mass is 10.2. The van der Waals surface area contributed by atoms with Gasteiger partial charge < -0.3 is 5.73 Å². The van der Waals surface area contributed by atoms with Crippen molar-refractivity contribution < 1.29 is 4.92 Å². The minimum absolute atomic E-state index is 0.0150. The summed E-state index contributed by atoms with van der Waals surface area (Å²) in [5.41, 5.74) is 5.74. The molecule has 6 heteroatoms. The van der Waals surface area contributed by atoms with Gasteiger partial charge in [0.25, 0.3) is 5.69 Å². The maximum atomic E-state index is 10.5. The fourth-order valence-corrected chi connectivity index (χ4v) is 1.43. The molecule has 0 unspecified atom stereocenters. The van der Waals surface area contributed by atoms with Crippen LogP contribution < -0.4 is 5.73 Å². The minimum Gasteiger partial charge on any atom is -0.326 e. The van der Waals surface area contributed by atoms with E-state index in [2.05, 4.69) is 15.9 Å². The largest absolute Gasteiger partial charge is 0.326 e. The molecule has 0 atom stereocenters. The first-order chi connectivity index (χ1) is 6.06. The zero-order chi connectivity index (χ0) is 10.0. The monoisotopic (exact) mass is 264 g/mol. The third kappa shape index (κ3) is 2.18. The van der Waals surface area contributed by atoms with Crippen molar-refractivity contribution in [2.45, 2.75) is 6.54 Å². The molecule has 0 aliphatic heterocycles. The average molecular weight is 265 g/mol. The molecular weight excluding hydrogens is 259 g/mol. The van der Waals surface area contributed by atoms with Crippen LogP contribution in [0.3, 0.4) is 0 Å². The molecule has 1 rings (SSSR count). The van der Waals surface area contributed by atoms with Crippen molar-refractivity contribution >= 4 is 33.2 Å². The molecule has 0 spiro atoms. The van der Waals surface area contributed by atoms with Crippen molar-refractivity contribution in [1.82, 2.24) is 0 Å². The molecule has 1 aromatic carbocycles. The van der Waals surface area contributed by atoms with Gasteiger partial charge in [-0.2, -0.15) is 0 Å². The molecule has 0 saturated carbocycles. The number of halogens is 2. The lowest BCUT2D eigenvalue weighted by Crippen LogP contribution is -2.01. The summed E-state index contributed by atoms with van der Waals surface area (Å²) in [5, 5.41) is 11.0. The molecule has 0 fully saturated rings. The molecule has 0 bridgehead atoms. The SMILES string of the molecule is NCc1cc(Cl)c(Br)cc1[N+](=O)[O-]. The second kappa shape index (κ2) is 4.04. The third-order valence-electron chi connectivity index (χ3n) is 1.54. The molecule has 0 aliphatic rings. The van der Waals surface area contributed by atoms with E-state index in [1.165, 1.54) is 12.1 Å². The van der Waals surface area contributed by atoms with Gasteiger partial charge in [0.15, 0.2) is 0 Å². The van der Waals surface area contributed by atoms with Gasteiger partial charge in [0, 0.05) is 22.6 Å². The molecule has 0 aromatic heterocycles. The fourth-order valence-electron chi connectivity index (χ4n) is 0.911. The smallest absolute Gasteiger partial charge is 0.275 e. The molecule has 0 saturated heterocycles. The third-order valence-corrected chi connectivity index (χ3v) is 2.74. The summed E-state index contributed by atoms with van der Waals surface area (Å²) in [5.74, 6) is 0. The number of hydrogen-bond donors (Lipinski definition) is 1. The second-order valence-electron chi connectivity index (χ2n) is 2.36. The topological polar surface area (TPSA) is 69.2 Å². The van der Waals surface area contributed by atoms with E-state index in [4.69, 9.17) is 17.3 Å². The number of benzene rings is 1. The average Bonchev–Trinajstić information content (AvgIpc) is 2.08. The molecule has 13 heavy (non-hydrogen) atoms. The van der Waals surface area contributed by atoms with Gasteiger partial charge in [-0.3, -0.25) is 10.1 Å². The molecule has 70 valence electrons. The lowest BCUT2D eigenvalue weighted by molar-refractivity contribution is -0.385. The zero-order valence-electron chi connectivity index (χ0n) is 6.46. The Labute approximate surface area is 88.0 Å². The van der Waals surface area contributed by atoms with Crippen molar-refractivity contribution in [1.29, 1.82) is 0 Å². The summed E-state index contributed by atoms with van der Waals surface area (Å²) in [4.78, 5) is 10.0. The minimum atomic E-state index is -0.483. The maximum absolute atomic E-state index is 10.5. The van der Waals surface area contributed by atoms with E-state index < -0.39 is 4.92 Å². The van der Waals surface area contributed by atoms with Crippen molar-refractivity contribution in [2.75, 3.05) is 0 Å². The van der Waals surface area contributed by atoms with Crippen LogP contribution in [0, 0.1) is 10.1 Å². The predicted molar refractivity (Wildman–Crippen MR) is 53.7 cm³/mol. The van der Waals surface area contributed by atoms with Crippen LogP contribution in [0.15, 0.2) is 16.6 Å². The Kier molecular flexibility index (Phi) is 3.24. The number of rotatable bonds is 2. The van der Waals surface area contributed by atoms with E-state index in [0.29, 0.717) is 15.1 Å². The van der Waals surface area contributed by atoms with Crippen LogP contribution in [0.2, 0.25) is 5.02 Å². The van der Waals surface area contributed by atoms with Gasteiger partial charge in [-0.15, -0.1) is 0 Å². The number of nitrogens with two attached hydrogens (primary N) is 1. The Hall–Kier alpha value is -0.650. The van der Waals surface area contributed by atoms with E-state index in [1.807, 2.05) is 0 Å². The standard InChI is InChI=1S/C7H6BrClN2O2/c8-5-2-7(11(12)13)4(3-10)1-6(5)9/h1-2H,3,10H2. The molecule has 0 aliphatic carbocycles. The van der Waals surface area contributed by atoms with Crippen LogP contribution in [-0.4, -0.2) is 4.92 Å². The maximum Gasteiger partial charge on any atom is 0.275 e. The van der Waals surface area contributed by atoms with Crippen molar-refractivity contribution in [3.05, 3.63) is 37.3 Å². The summed E-state index contributed by atoms with van der Waals surface area (Å²) < 4.78 is 0.498. The quantitative estimate of drug-likeness (QED) is 0.659. The lowest BCUT2D eigenvalue weighted by Gasteiger charge is -2.01. The zero-order valence-corrected chi connectivity index (χ0v) is 8.80. The number of nitro groups is 1.